The lowest BCUT2D eigenvalue weighted by Crippen LogP contribution is -2.27. The SMILES string of the molecule is CC.CC(C)(C)c1ccc(C(N)=O)s1.COC=O.O=C(CCCC1=CC=C(c2ncc(Br)cn2)CC=C1)N1CCCC1. The molecule has 0 radical (unpaired) electrons. The molecule has 0 bridgehead atoms. The minimum atomic E-state index is -0.337. The Morgan fingerprint density at radius 2 is 1.74 bits per heavy atom. The van der Waals surface area contributed by atoms with Crippen LogP contribution in [-0.4, -0.2) is 53.4 Å². The third-order valence-electron chi connectivity index (χ3n) is 6.07. The maximum atomic E-state index is 12.1. The van der Waals surface area contributed by atoms with E-state index in [0.29, 0.717) is 23.7 Å². The Hall–Kier alpha value is -3.11. The molecule has 1 fully saturated rings. The molecule has 2 aromatic heterocycles. The van der Waals surface area contributed by atoms with Gasteiger partial charge in [0.2, 0.25) is 5.91 Å². The third kappa shape index (κ3) is 13.7. The van der Waals surface area contributed by atoms with E-state index < -0.39 is 0 Å². The molecule has 4 rings (SSSR count). The monoisotopic (exact) mass is 660 g/mol. The van der Waals surface area contributed by atoms with Gasteiger partial charge in [0.1, 0.15) is 0 Å². The van der Waals surface area contributed by atoms with E-state index in [1.165, 1.54) is 28.9 Å². The zero-order valence-corrected chi connectivity index (χ0v) is 28.1. The van der Waals surface area contributed by atoms with Crippen LogP contribution in [0.3, 0.4) is 0 Å². The number of halogens is 1. The van der Waals surface area contributed by atoms with E-state index in [-0.39, 0.29) is 11.3 Å². The van der Waals surface area contributed by atoms with Gasteiger partial charge in [0.05, 0.1) is 16.5 Å². The molecule has 0 saturated carbocycles. The number of ether oxygens (including phenoxy) is 1. The van der Waals surface area contributed by atoms with E-state index in [4.69, 9.17) is 10.5 Å². The predicted octanol–water partition coefficient (Wildman–Crippen LogP) is 7.26. The molecule has 10 heteroatoms. The molecular formula is C32H45BrN4O4S. The first-order chi connectivity index (χ1) is 20.0. The number of thiophene rings is 1. The average molecular weight is 662 g/mol. The maximum absolute atomic E-state index is 12.1. The minimum absolute atomic E-state index is 0.109. The molecule has 0 atom stereocenters. The number of nitrogens with two attached hydrogens (primary N) is 1. The second-order valence-corrected chi connectivity index (χ2v) is 12.3. The number of methoxy groups -OCH3 is 1. The van der Waals surface area contributed by atoms with E-state index in [9.17, 15) is 9.59 Å². The largest absolute Gasteiger partial charge is 0.471 e. The molecule has 0 unspecified atom stereocenters. The van der Waals surface area contributed by atoms with Crippen molar-refractivity contribution < 1.29 is 19.1 Å². The molecule has 2 aromatic rings. The summed E-state index contributed by atoms with van der Waals surface area (Å²) in [6, 6.07) is 3.75. The summed E-state index contributed by atoms with van der Waals surface area (Å²) in [5.41, 5.74) is 7.62. The van der Waals surface area contributed by atoms with Gasteiger partial charge in [0.15, 0.2) is 5.82 Å². The van der Waals surface area contributed by atoms with E-state index in [2.05, 4.69) is 75.7 Å². The molecule has 8 nitrogen and oxygen atoms in total. The molecule has 3 heterocycles. The van der Waals surface area contributed by atoms with Crippen LogP contribution in [0.4, 0.5) is 0 Å². The first kappa shape index (κ1) is 36.9. The zero-order valence-electron chi connectivity index (χ0n) is 25.7. The fourth-order valence-electron chi connectivity index (χ4n) is 3.92. The van der Waals surface area contributed by atoms with Crippen LogP contribution in [0.25, 0.3) is 5.57 Å². The van der Waals surface area contributed by atoms with Crippen LogP contribution in [0.15, 0.2) is 58.9 Å². The molecule has 230 valence electrons. The highest BCUT2D eigenvalue weighted by molar-refractivity contribution is 9.10. The van der Waals surface area contributed by atoms with Gasteiger partial charge >= 0.3 is 0 Å². The van der Waals surface area contributed by atoms with Gasteiger partial charge in [0.25, 0.3) is 12.4 Å². The number of nitrogens with zero attached hydrogens (tertiary/aromatic N) is 3. The lowest BCUT2D eigenvalue weighted by Gasteiger charge is -2.14. The fraction of sp³-hybridized carbons (Fsp3) is 0.469. The number of hydrogen-bond donors (Lipinski definition) is 1. The highest BCUT2D eigenvalue weighted by Crippen LogP contribution is 2.29. The van der Waals surface area contributed by atoms with Crippen molar-refractivity contribution in [3.05, 3.63) is 74.5 Å². The Labute approximate surface area is 263 Å². The zero-order chi connectivity index (χ0) is 31.5. The number of rotatable bonds is 7. The molecule has 0 spiro atoms. The van der Waals surface area contributed by atoms with Gasteiger partial charge in [-0.25, -0.2) is 9.97 Å². The third-order valence-corrected chi connectivity index (χ3v) is 8.01. The summed E-state index contributed by atoms with van der Waals surface area (Å²) >= 11 is 4.83. The van der Waals surface area contributed by atoms with Crippen LogP contribution < -0.4 is 5.73 Å². The van der Waals surface area contributed by atoms with Crippen molar-refractivity contribution in [3.63, 3.8) is 0 Å². The van der Waals surface area contributed by atoms with E-state index >= 15 is 0 Å². The lowest BCUT2D eigenvalue weighted by molar-refractivity contribution is -0.130. The highest BCUT2D eigenvalue weighted by Gasteiger charge is 2.18. The summed E-state index contributed by atoms with van der Waals surface area (Å²) in [7, 11) is 1.31. The summed E-state index contributed by atoms with van der Waals surface area (Å²) in [6.07, 6.45) is 17.7. The van der Waals surface area contributed by atoms with Gasteiger partial charge in [-0.1, -0.05) is 58.9 Å². The van der Waals surface area contributed by atoms with Crippen molar-refractivity contribution in [2.75, 3.05) is 20.2 Å². The highest BCUT2D eigenvalue weighted by atomic mass is 79.9. The van der Waals surface area contributed by atoms with Gasteiger partial charge in [0, 0.05) is 42.4 Å². The Morgan fingerprint density at radius 1 is 1.12 bits per heavy atom. The van der Waals surface area contributed by atoms with Crippen LogP contribution in [0.1, 0.15) is 93.5 Å². The molecule has 2 amide bonds. The van der Waals surface area contributed by atoms with Crippen LogP contribution in [0.2, 0.25) is 0 Å². The normalized spacial score (nSPS) is 13.9. The van der Waals surface area contributed by atoms with E-state index in [0.717, 1.165) is 61.1 Å². The van der Waals surface area contributed by atoms with E-state index in [1.54, 1.807) is 18.5 Å². The predicted molar refractivity (Wildman–Crippen MR) is 175 cm³/mol. The summed E-state index contributed by atoms with van der Waals surface area (Å²) < 4.78 is 4.75. The number of allylic oxidation sites excluding steroid dienone is 6. The van der Waals surface area contributed by atoms with Crippen molar-refractivity contribution in [2.24, 2.45) is 5.73 Å². The standard InChI is InChI=1S/C19H22BrN3O.C9H13NOS.C2H4O2.C2H6/c20-17-13-21-19(22-14-17)16-7-3-5-15(9-10-16)6-4-8-18(24)23-11-1-2-12-23;1-9(2,3)7-5-4-6(12-7)8(10)11;1-4-2-3;1-2/h3,5,9-10,13-14H,1-2,4,6-8,11-12H2;4-5H,1-3H3,(H2,10,11);2H,1H3;1-2H3. The minimum Gasteiger partial charge on any atom is -0.471 e. The van der Waals surface area contributed by atoms with Crippen LogP contribution in [-0.2, 0) is 19.7 Å². The number of hydrogen-bond acceptors (Lipinski definition) is 7. The molecule has 2 N–H and O–H groups in total. The summed E-state index contributed by atoms with van der Waals surface area (Å²) in [5.74, 6) is 0.741. The molecule has 0 aromatic carbocycles. The maximum Gasteiger partial charge on any atom is 0.292 e. The molecular weight excluding hydrogens is 616 g/mol. The van der Waals surface area contributed by atoms with Gasteiger partial charge in [-0.15, -0.1) is 11.3 Å². The average Bonchev–Trinajstić information content (AvgIpc) is 3.66. The van der Waals surface area contributed by atoms with Crippen molar-refractivity contribution in [3.8, 4) is 0 Å². The molecule has 1 aliphatic carbocycles. The number of aromatic nitrogens is 2. The Balaban J connectivity index is 0.000000409. The molecule has 2 aliphatic rings. The summed E-state index contributed by atoms with van der Waals surface area (Å²) in [4.78, 5) is 44.3. The second-order valence-electron chi connectivity index (χ2n) is 10.3. The summed E-state index contributed by atoms with van der Waals surface area (Å²) in [6.45, 7) is 12.6. The number of carbonyl (C=O) groups is 3. The van der Waals surface area contributed by atoms with Crippen LogP contribution >= 0.6 is 27.3 Å². The van der Waals surface area contributed by atoms with Gasteiger partial charge in [-0.05, 0) is 71.2 Å². The Kier molecular flexibility index (Phi) is 17.5. The van der Waals surface area contributed by atoms with Gasteiger partial charge in [-0.2, -0.15) is 0 Å². The Morgan fingerprint density at radius 3 is 2.24 bits per heavy atom. The van der Waals surface area contributed by atoms with Crippen molar-refractivity contribution in [2.45, 2.75) is 78.6 Å². The first-order valence-corrected chi connectivity index (χ1v) is 15.8. The van der Waals surface area contributed by atoms with Crippen molar-refractivity contribution in [1.29, 1.82) is 0 Å². The van der Waals surface area contributed by atoms with Crippen molar-refractivity contribution >= 4 is 51.1 Å². The fourth-order valence-corrected chi connectivity index (χ4v) is 5.04. The van der Waals surface area contributed by atoms with Crippen LogP contribution in [0, 0.1) is 0 Å². The van der Waals surface area contributed by atoms with Crippen LogP contribution in [0.5, 0.6) is 0 Å². The quantitative estimate of drug-likeness (QED) is 0.313. The first-order valence-electron chi connectivity index (χ1n) is 14.2. The lowest BCUT2D eigenvalue weighted by atomic mass is 9.95. The molecule has 1 saturated heterocycles. The second kappa shape index (κ2) is 19.9. The van der Waals surface area contributed by atoms with Crippen molar-refractivity contribution in [1.82, 2.24) is 14.9 Å². The molecule has 42 heavy (non-hydrogen) atoms. The summed E-state index contributed by atoms with van der Waals surface area (Å²) in [5, 5.41) is 0. The van der Waals surface area contributed by atoms with Gasteiger partial charge < -0.3 is 15.4 Å². The topological polar surface area (TPSA) is 115 Å². The Bertz CT molecular complexity index is 1210. The van der Waals surface area contributed by atoms with Gasteiger partial charge in [-0.3, -0.25) is 14.4 Å². The molecule has 1 aliphatic heterocycles. The number of carbonyl (C=O) groups excluding carboxylic acids is 3. The number of primary amides is 1. The number of amides is 2. The van der Waals surface area contributed by atoms with E-state index in [1.807, 2.05) is 24.8 Å². The number of likely N-dealkylation sites (tertiary alicyclic amines) is 1. The smallest absolute Gasteiger partial charge is 0.292 e.